The third kappa shape index (κ3) is 5.76. The Labute approximate surface area is 180 Å². The summed E-state index contributed by atoms with van der Waals surface area (Å²) in [6, 6.07) is 15.3. The number of carbonyl (C=O) groups excluding carboxylic acids is 1. The Bertz CT molecular complexity index is 986. The molecule has 0 atom stereocenters. The largest absolute Gasteiger partial charge is 0.497 e. The van der Waals surface area contributed by atoms with Gasteiger partial charge in [0.2, 0.25) is 5.91 Å². The number of nitrogens with zero attached hydrogens (tertiary/aromatic N) is 3. The highest BCUT2D eigenvalue weighted by Crippen LogP contribution is 2.21. The predicted molar refractivity (Wildman–Crippen MR) is 118 cm³/mol. The van der Waals surface area contributed by atoms with E-state index in [1.165, 1.54) is 17.3 Å². The van der Waals surface area contributed by atoms with Crippen LogP contribution in [0.3, 0.4) is 0 Å². The van der Waals surface area contributed by atoms with E-state index in [4.69, 9.17) is 9.47 Å². The fourth-order valence-electron chi connectivity index (χ4n) is 2.72. The van der Waals surface area contributed by atoms with E-state index in [0.29, 0.717) is 34.9 Å². The summed E-state index contributed by atoms with van der Waals surface area (Å²) in [7, 11) is 3.45. The monoisotopic (exact) mass is 426 g/mol. The Hall–Kier alpha value is -3.00. The number of anilines is 1. The third-order valence-electron chi connectivity index (χ3n) is 4.53. The van der Waals surface area contributed by atoms with E-state index in [2.05, 4.69) is 41.5 Å². The lowest BCUT2D eigenvalue weighted by atomic mass is 10.0. The van der Waals surface area contributed by atoms with Crippen molar-refractivity contribution in [3.63, 3.8) is 0 Å². The van der Waals surface area contributed by atoms with Gasteiger partial charge >= 0.3 is 0 Å². The van der Waals surface area contributed by atoms with E-state index < -0.39 is 0 Å². The molecule has 0 saturated heterocycles. The summed E-state index contributed by atoms with van der Waals surface area (Å²) < 4.78 is 12.8. The summed E-state index contributed by atoms with van der Waals surface area (Å²) in [5.74, 6) is 2.75. The Morgan fingerprint density at radius 3 is 2.60 bits per heavy atom. The minimum atomic E-state index is -0.126. The highest BCUT2D eigenvalue weighted by atomic mass is 32.2. The predicted octanol–water partition coefficient (Wildman–Crippen LogP) is 4.26. The van der Waals surface area contributed by atoms with Crippen molar-refractivity contribution in [1.82, 2.24) is 14.8 Å². The molecule has 2 aromatic carbocycles. The molecule has 0 saturated carbocycles. The molecule has 0 aliphatic heterocycles. The van der Waals surface area contributed by atoms with E-state index in [9.17, 15) is 4.79 Å². The standard InChI is InChI=1S/C22H26N4O3S/c1-15(2)16-8-10-18(11-9-16)29-13-20-24-25-22(26(20)3)30-14-21(27)23-17-6-5-7-19(12-17)28-4/h5-12,15H,13-14H2,1-4H3,(H,23,27). The van der Waals surface area contributed by atoms with Crippen LogP contribution in [-0.2, 0) is 18.4 Å². The number of methoxy groups -OCH3 is 1. The van der Waals surface area contributed by atoms with Crippen LogP contribution in [0.2, 0.25) is 0 Å². The average molecular weight is 427 g/mol. The maximum Gasteiger partial charge on any atom is 0.234 e. The van der Waals surface area contributed by atoms with Gasteiger partial charge in [-0.25, -0.2) is 0 Å². The van der Waals surface area contributed by atoms with Gasteiger partial charge in [0.25, 0.3) is 0 Å². The molecule has 158 valence electrons. The number of thioether (sulfide) groups is 1. The first kappa shape index (κ1) is 21.7. The summed E-state index contributed by atoms with van der Waals surface area (Å²) >= 11 is 1.32. The van der Waals surface area contributed by atoms with Crippen LogP contribution in [0.5, 0.6) is 11.5 Å². The second-order valence-electron chi connectivity index (χ2n) is 7.04. The number of amides is 1. The summed E-state index contributed by atoms with van der Waals surface area (Å²) in [6.07, 6.45) is 0. The smallest absolute Gasteiger partial charge is 0.234 e. The molecule has 30 heavy (non-hydrogen) atoms. The van der Waals surface area contributed by atoms with Crippen LogP contribution in [0.4, 0.5) is 5.69 Å². The van der Waals surface area contributed by atoms with Gasteiger partial charge < -0.3 is 19.4 Å². The molecule has 8 heteroatoms. The van der Waals surface area contributed by atoms with Crippen molar-refractivity contribution in [1.29, 1.82) is 0 Å². The zero-order chi connectivity index (χ0) is 21.5. The molecule has 1 aromatic heterocycles. The zero-order valence-corrected chi connectivity index (χ0v) is 18.4. The van der Waals surface area contributed by atoms with Gasteiger partial charge in [0, 0.05) is 18.8 Å². The van der Waals surface area contributed by atoms with Gasteiger partial charge in [-0.1, -0.05) is 43.8 Å². The maximum absolute atomic E-state index is 12.2. The van der Waals surface area contributed by atoms with Crippen LogP contribution in [0.25, 0.3) is 0 Å². The van der Waals surface area contributed by atoms with Crippen LogP contribution in [0.15, 0.2) is 53.7 Å². The Balaban J connectivity index is 1.51. The van der Waals surface area contributed by atoms with Gasteiger partial charge in [0.1, 0.15) is 18.1 Å². The van der Waals surface area contributed by atoms with E-state index >= 15 is 0 Å². The fourth-order valence-corrected chi connectivity index (χ4v) is 3.45. The number of aromatic nitrogens is 3. The molecule has 3 rings (SSSR count). The minimum Gasteiger partial charge on any atom is -0.497 e. The van der Waals surface area contributed by atoms with Crippen LogP contribution >= 0.6 is 11.8 Å². The highest BCUT2D eigenvalue weighted by molar-refractivity contribution is 7.99. The van der Waals surface area contributed by atoms with Crippen LogP contribution in [-0.4, -0.2) is 33.5 Å². The highest BCUT2D eigenvalue weighted by Gasteiger charge is 2.12. The minimum absolute atomic E-state index is 0.126. The fraction of sp³-hybridized carbons (Fsp3) is 0.318. The number of hydrogen-bond acceptors (Lipinski definition) is 6. The van der Waals surface area contributed by atoms with Gasteiger partial charge in [-0.05, 0) is 35.7 Å². The molecular weight excluding hydrogens is 400 g/mol. The van der Waals surface area contributed by atoms with E-state index in [1.54, 1.807) is 13.2 Å². The Morgan fingerprint density at radius 2 is 1.90 bits per heavy atom. The SMILES string of the molecule is COc1cccc(NC(=O)CSc2nnc(COc3ccc(C(C)C)cc3)n2C)c1. The van der Waals surface area contributed by atoms with E-state index in [1.807, 2.05) is 41.9 Å². The zero-order valence-electron chi connectivity index (χ0n) is 17.6. The van der Waals surface area contributed by atoms with Crippen LogP contribution in [0.1, 0.15) is 31.2 Å². The second-order valence-corrected chi connectivity index (χ2v) is 7.98. The van der Waals surface area contributed by atoms with Gasteiger partial charge in [-0.2, -0.15) is 0 Å². The first-order valence-electron chi connectivity index (χ1n) is 9.64. The molecule has 0 aliphatic rings. The van der Waals surface area contributed by atoms with E-state index in [0.717, 1.165) is 5.75 Å². The number of benzene rings is 2. The molecule has 1 N–H and O–H groups in total. The van der Waals surface area contributed by atoms with Gasteiger partial charge in [0.05, 0.1) is 12.9 Å². The van der Waals surface area contributed by atoms with Crippen molar-refractivity contribution in [3.05, 3.63) is 59.9 Å². The van der Waals surface area contributed by atoms with Crippen molar-refractivity contribution in [2.45, 2.75) is 31.5 Å². The molecule has 3 aromatic rings. The van der Waals surface area contributed by atoms with Crippen molar-refractivity contribution in [2.75, 3.05) is 18.2 Å². The van der Waals surface area contributed by atoms with Crippen LogP contribution in [0, 0.1) is 0 Å². The molecule has 0 aliphatic carbocycles. The van der Waals surface area contributed by atoms with Gasteiger partial charge in [-0.3, -0.25) is 4.79 Å². The summed E-state index contributed by atoms with van der Waals surface area (Å²) in [5, 5.41) is 11.9. The quantitative estimate of drug-likeness (QED) is 0.515. The topological polar surface area (TPSA) is 78.3 Å². The normalized spacial score (nSPS) is 10.8. The molecule has 0 spiro atoms. The van der Waals surface area contributed by atoms with Crippen molar-refractivity contribution >= 4 is 23.4 Å². The molecule has 0 bridgehead atoms. The lowest BCUT2D eigenvalue weighted by Crippen LogP contribution is -2.14. The van der Waals surface area contributed by atoms with Crippen molar-refractivity contribution in [2.24, 2.45) is 7.05 Å². The van der Waals surface area contributed by atoms with Crippen LogP contribution < -0.4 is 14.8 Å². The van der Waals surface area contributed by atoms with Crippen molar-refractivity contribution in [3.8, 4) is 11.5 Å². The lowest BCUT2D eigenvalue weighted by Gasteiger charge is -2.09. The first-order valence-corrected chi connectivity index (χ1v) is 10.6. The molecule has 0 fully saturated rings. The number of nitrogens with one attached hydrogen (secondary N) is 1. The Morgan fingerprint density at radius 1 is 1.13 bits per heavy atom. The summed E-state index contributed by atoms with van der Waals surface area (Å²) in [6.45, 7) is 4.62. The molecule has 0 unspecified atom stereocenters. The number of ether oxygens (including phenoxy) is 2. The molecule has 1 heterocycles. The van der Waals surface area contributed by atoms with Gasteiger partial charge in [-0.15, -0.1) is 10.2 Å². The molecule has 1 amide bonds. The maximum atomic E-state index is 12.2. The number of hydrogen-bond donors (Lipinski definition) is 1. The summed E-state index contributed by atoms with van der Waals surface area (Å²) in [4.78, 5) is 12.2. The third-order valence-corrected chi connectivity index (χ3v) is 5.55. The van der Waals surface area contributed by atoms with Crippen molar-refractivity contribution < 1.29 is 14.3 Å². The number of carbonyl (C=O) groups is 1. The molecule has 0 radical (unpaired) electrons. The Kier molecular flexibility index (Phi) is 7.35. The number of rotatable bonds is 9. The average Bonchev–Trinajstić information content (AvgIpc) is 3.10. The lowest BCUT2D eigenvalue weighted by molar-refractivity contribution is -0.113. The second kappa shape index (κ2) is 10.2. The molecular formula is C22H26N4O3S. The first-order chi connectivity index (χ1) is 14.5. The molecule has 7 nitrogen and oxygen atoms in total. The van der Waals surface area contributed by atoms with E-state index in [-0.39, 0.29) is 11.7 Å². The van der Waals surface area contributed by atoms with Gasteiger partial charge in [0.15, 0.2) is 11.0 Å². The summed E-state index contributed by atoms with van der Waals surface area (Å²) in [5.41, 5.74) is 1.96.